The van der Waals surface area contributed by atoms with Crippen LogP contribution >= 0.6 is 0 Å². The fourth-order valence-electron chi connectivity index (χ4n) is 1.30. The van der Waals surface area contributed by atoms with Gasteiger partial charge in [0.15, 0.2) is 6.10 Å². The van der Waals surface area contributed by atoms with Crippen LogP contribution in [-0.2, 0) is 4.79 Å². The monoisotopic (exact) mass is 256 g/mol. The first kappa shape index (κ1) is 16.2. The molecule has 0 radical (unpaired) electrons. The Labute approximate surface area is 98.8 Å². The van der Waals surface area contributed by atoms with E-state index in [1.54, 1.807) is 13.8 Å². The summed E-state index contributed by atoms with van der Waals surface area (Å²) in [6, 6.07) is -0.744. The fourth-order valence-corrected chi connectivity index (χ4v) is 1.30. The maximum Gasteiger partial charge on any atom is 0.415 e. The predicted octanol–water partition coefficient (Wildman–Crippen LogP) is 0.756. The van der Waals surface area contributed by atoms with Crippen LogP contribution in [0.25, 0.3) is 0 Å². The topological polar surface area (TPSA) is 52.6 Å². The smallest absolute Gasteiger partial charge is 0.382 e. The number of carbonyl (C=O) groups excluding carboxylic acids is 1. The van der Waals surface area contributed by atoms with Crippen molar-refractivity contribution in [1.82, 2.24) is 10.2 Å². The highest BCUT2D eigenvalue weighted by atomic mass is 19.4. The summed E-state index contributed by atoms with van der Waals surface area (Å²) in [6.45, 7) is 5.38. The average molecular weight is 256 g/mol. The highest BCUT2D eigenvalue weighted by molar-refractivity contribution is 5.81. The fraction of sp³-hybridized carbons (Fsp3) is 0.900. The van der Waals surface area contributed by atoms with Gasteiger partial charge in [-0.15, -0.1) is 0 Å². The van der Waals surface area contributed by atoms with Crippen LogP contribution in [0.1, 0.15) is 20.8 Å². The number of likely N-dealkylation sites (N-methyl/N-ethyl adjacent to an activating group) is 1. The van der Waals surface area contributed by atoms with E-state index in [2.05, 4.69) is 5.32 Å². The third-order valence-electron chi connectivity index (χ3n) is 2.44. The first-order valence-electron chi connectivity index (χ1n) is 5.50. The van der Waals surface area contributed by atoms with Crippen molar-refractivity contribution in [3.05, 3.63) is 0 Å². The van der Waals surface area contributed by atoms with E-state index in [0.717, 1.165) is 0 Å². The van der Waals surface area contributed by atoms with Gasteiger partial charge in [-0.2, -0.15) is 13.2 Å². The number of aliphatic hydroxyl groups excluding tert-OH is 1. The molecule has 0 aromatic rings. The molecule has 0 saturated carbocycles. The van der Waals surface area contributed by atoms with Crippen molar-refractivity contribution < 1.29 is 23.1 Å². The number of amides is 1. The van der Waals surface area contributed by atoms with Crippen LogP contribution in [0.4, 0.5) is 13.2 Å². The maximum atomic E-state index is 12.0. The van der Waals surface area contributed by atoms with Gasteiger partial charge in [-0.1, -0.05) is 0 Å². The molecule has 0 aliphatic heterocycles. The molecule has 0 aromatic carbocycles. The standard InChI is InChI=1S/C10H19F3N2O2/c1-4-15(5-2)9(17)7(3)14-6-8(16)10(11,12)13/h7-8,14,16H,4-6H2,1-3H3. The molecule has 4 nitrogen and oxygen atoms in total. The summed E-state index contributed by atoms with van der Waals surface area (Å²) in [5.41, 5.74) is 0. The summed E-state index contributed by atoms with van der Waals surface area (Å²) in [6.07, 6.45) is -7.11. The van der Waals surface area contributed by atoms with Crippen LogP contribution in [0.2, 0.25) is 0 Å². The zero-order valence-electron chi connectivity index (χ0n) is 10.2. The van der Waals surface area contributed by atoms with Gasteiger partial charge in [-0.3, -0.25) is 4.79 Å². The molecule has 2 atom stereocenters. The number of hydrogen-bond acceptors (Lipinski definition) is 3. The molecule has 0 spiro atoms. The quantitative estimate of drug-likeness (QED) is 0.737. The zero-order chi connectivity index (χ0) is 13.6. The van der Waals surface area contributed by atoms with Crippen molar-refractivity contribution >= 4 is 5.91 Å². The minimum absolute atomic E-state index is 0.274. The maximum absolute atomic E-state index is 12.0. The first-order valence-corrected chi connectivity index (χ1v) is 5.50. The molecular formula is C10H19F3N2O2. The van der Waals surface area contributed by atoms with E-state index in [4.69, 9.17) is 5.11 Å². The highest BCUT2D eigenvalue weighted by Crippen LogP contribution is 2.19. The van der Waals surface area contributed by atoms with Crippen LogP contribution in [0.5, 0.6) is 0 Å². The Morgan fingerprint density at radius 3 is 2.18 bits per heavy atom. The number of nitrogens with one attached hydrogen (secondary N) is 1. The van der Waals surface area contributed by atoms with E-state index in [1.165, 1.54) is 11.8 Å². The molecule has 0 aromatic heterocycles. The summed E-state index contributed by atoms with van der Waals surface area (Å²) in [4.78, 5) is 13.2. The molecule has 0 aliphatic carbocycles. The van der Waals surface area contributed by atoms with Crippen molar-refractivity contribution in [1.29, 1.82) is 0 Å². The molecular weight excluding hydrogens is 237 g/mol. The third-order valence-corrected chi connectivity index (χ3v) is 2.44. The molecule has 102 valence electrons. The second-order valence-corrected chi connectivity index (χ2v) is 3.70. The lowest BCUT2D eigenvalue weighted by atomic mass is 10.2. The van der Waals surface area contributed by atoms with E-state index in [9.17, 15) is 18.0 Å². The molecule has 2 unspecified atom stereocenters. The number of carbonyl (C=O) groups is 1. The van der Waals surface area contributed by atoms with Crippen LogP contribution in [0.15, 0.2) is 0 Å². The number of halogens is 3. The van der Waals surface area contributed by atoms with Crippen molar-refractivity contribution in [3.63, 3.8) is 0 Å². The molecule has 0 saturated heterocycles. The summed E-state index contributed by atoms with van der Waals surface area (Å²) < 4.78 is 36.0. The van der Waals surface area contributed by atoms with Crippen LogP contribution in [-0.4, -0.2) is 53.9 Å². The van der Waals surface area contributed by atoms with Gasteiger partial charge in [0.2, 0.25) is 5.91 Å². The average Bonchev–Trinajstić information content (AvgIpc) is 2.25. The Kier molecular flexibility index (Phi) is 6.48. The number of hydrogen-bond donors (Lipinski definition) is 2. The number of alkyl halides is 3. The van der Waals surface area contributed by atoms with Gasteiger partial charge in [-0.25, -0.2) is 0 Å². The number of rotatable bonds is 6. The lowest BCUT2D eigenvalue weighted by Crippen LogP contribution is -2.48. The van der Waals surface area contributed by atoms with Gasteiger partial charge in [0.1, 0.15) is 0 Å². The summed E-state index contributed by atoms with van der Waals surface area (Å²) in [7, 11) is 0. The molecule has 0 fully saturated rings. The Morgan fingerprint density at radius 1 is 1.35 bits per heavy atom. The van der Waals surface area contributed by atoms with E-state index in [1.807, 2.05) is 0 Å². The second-order valence-electron chi connectivity index (χ2n) is 3.70. The SMILES string of the molecule is CCN(CC)C(=O)C(C)NCC(O)C(F)(F)F. The molecule has 0 rings (SSSR count). The van der Waals surface area contributed by atoms with E-state index >= 15 is 0 Å². The first-order chi connectivity index (χ1) is 7.73. The van der Waals surface area contributed by atoms with Crippen LogP contribution in [0.3, 0.4) is 0 Å². The molecule has 17 heavy (non-hydrogen) atoms. The van der Waals surface area contributed by atoms with Crippen molar-refractivity contribution in [2.45, 2.75) is 39.1 Å². The summed E-state index contributed by atoms with van der Waals surface area (Å²) in [5, 5.41) is 11.1. The largest absolute Gasteiger partial charge is 0.415 e. The van der Waals surface area contributed by atoms with Crippen LogP contribution in [0, 0.1) is 0 Å². The Balaban J connectivity index is 4.18. The highest BCUT2D eigenvalue weighted by Gasteiger charge is 2.38. The molecule has 2 N–H and O–H groups in total. The summed E-state index contributed by atoms with van der Waals surface area (Å²) >= 11 is 0. The van der Waals surface area contributed by atoms with Crippen molar-refractivity contribution in [3.8, 4) is 0 Å². The number of aliphatic hydroxyl groups is 1. The van der Waals surface area contributed by atoms with Gasteiger partial charge in [-0.05, 0) is 20.8 Å². The van der Waals surface area contributed by atoms with E-state index < -0.39 is 24.9 Å². The van der Waals surface area contributed by atoms with Gasteiger partial charge in [0.25, 0.3) is 0 Å². The summed E-state index contributed by atoms with van der Waals surface area (Å²) in [5.74, 6) is -0.274. The van der Waals surface area contributed by atoms with E-state index in [-0.39, 0.29) is 5.91 Å². The zero-order valence-corrected chi connectivity index (χ0v) is 10.2. The lowest BCUT2D eigenvalue weighted by Gasteiger charge is -2.24. The van der Waals surface area contributed by atoms with Crippen LogP contribution < -0.4 is 5.32 Å². The van der Waals surface area contributed by atoms with E-state index in [0.29, 0.717) is 13.1 Å². The minimum Gasteiger partial charge on any atom is -0.382 e. The molecule has 0 bridgehead atoms. The molecule has 1 amide bonds. The van der Waals surface area contributed by atoms with Gasteiger partial charge >= 0.3 is 6.18 Å². The minimum atomic E-state index is -4.66. The Hall–Kier alpha value is -0.820. The number of nitrogens with zero attached hydrogens (tertiary/aromatic N) is 1. The van der Waals surface area contributed by atoms with Gasteiger partial charge in [0.05, 0.1) is 6.04 Å². The van der Waals surface area contributed by atoms with Gasteiger partial charge in [0, 0.05) is 19.6 Å². The Morgan fingerprint density at radius 2 is 1.82 bits per heavy atom. The van der Waals surface area contributed by atoms with Gasteiger partial charge < -0.3 is 15.3 Å². The normalized spacial score (nSPS) is 15.5. The molecule has 0 heterocycles. The Bertz CT molecular complexity index is 242. The molecule has 0 aliphatic rings. The predicted molar refractivity (Wildman–Crippen MR) is 57.5 cm³/mol. The second kappa shape index (κ2) is 6.80. The van der Waals surface area contributed by atoms with Crippen molar-refractivity contribution in [2.24, 2.45) is 0 Å². The third kappa shape index (κ3) is 5.36. The lowest BCUT2D eigenvalue weighted by molar-refractivity contribution is -0.202. The molecule has 7 heteroatoms. The van der Waals surface area contributed by atoms with Crippen molar-refractivity contribution in [2.75, 3.05) is 19.6 Å².